The van der Waals surface area contributed by atoms with Crippen LogP contribution in [-0.4, -0.2) is 30.4 Å². The summed E-state index contributed by atoms with van der Waals surface area (Å²) in [7, 11) is 0. The molecule has 1 aromatic heterocycles. The number of aryl methyl sites for hydroxylation is 1. The fourth-order valence-corrected chi connectivity index (χ4v) is 2.99. The first-order chi connectivity index (χ1) is 10.3. The van der Waals surface area contributed by atoms with E-state index in [2.05, 4.69) is 11.4 Å². The van der Waals surface area contributed by atoms with Crippen molar-refractivity contribution >= 4 is 16.9 Å². The Labute approximate surface area is 125 Å². The molecule has 0 aliphatic carbocycles. The number of carbonyl (C=O) groups excluding carboxylic acids is 1. The Bertz CT molecular complexity index is 627. The van der Waals surface area contributed by atoms with Crippen LogP contribution in [0.15, 0.2) is 28.7 Å². The second kappa shape index (κ2) is 6.31. The van der Waals surface area contributed by atoms with Gasteiger partial charge < -0.3 is 14.6 Å². The molecule has 1 aliphatic heterocycles. The number of likely N-dealkylation sites (tertiary alicyclic amines) is 1. The summed E-state index contributed by atoms with van der Waals surface area (Å²) in [5.74, 6) is 1.13. The van der Waals surface area contributed by atoms with Crippen molar-refractivity contribution in [2.75, 3.05) is 19.6 Å². The van der Waals surface area contributed by atoms with Crippen molar-refractivity contribution in [1.29, 1.82) is 0 Å². The second-order valence-electron chi connectivity index (χ2n) is 5.68. The summed E-state index contributed by atoms with van der Waals surface area (Å²) >= 11 is 0. The molecule has 0 unspecified atom stereocenters. The summed E-state index contributed by atoms with van der Waals surface area (Å²) in [6.07, 6.45) is 3.52. The summed E-state index contributed by atoms with van der Waals surface area (Å²) in [6, 6.07) is 8.03. The smallest absolute Gasteiger partial charge is 0.236 e. The number of hydrogen-bond donors (Lipinski definition) is 1. The molecule has 2 aromatic rings. The molecule has 0 atom stereocenters. The number of amides is 1. The molecule has 0 bridgehead atoms. The van der Waals surface area contributed by atoms with E-state index in [1.807, 2.05) is 30.0 Å². The zero-order valence-electron chi connectivity index (χ0n) is 12.5. The zero-order chi connectivity index (χ0) is 14.7. The highest BCUT2D eigenvalue weighted by Gasteiger charge is 2.16. The van der Waals surface area contributed by atoms with Gasteiger partial charge in [0.1, 0.15) is 11.3 Å². The lowest BCUT2D eigenvalue weighted by Crippen LogP contribution is -2.41. The first kappa shape index (κ1) is 14.1. The number of piperidine rings is 1. The van der Waals surface area contributed by atoms with Crippen molar-refractivity contribution in [1.82, 2.24) is 10.2 Å². The molecule has 112 valence electrons. The van der Waals surface area contributed by atoms with E-state index >= 15 is 0 Å². The molecule has 1 aromatic carbocycles. The van der Waals surface area contributed by atoms with Crippen molar-refractivity contribution in [3.8, 4) is 0 Å². The molecular weight excluding hydrogens is 264 g/mol. The van der Waals surface area contributed by atoms with Gasteiger partial charge in [-0.1, -0.05) is 18.2 Å². The van der Waals surface area contributed by atoms with Crippen molar-refractivity contribution in [2.45, 2.75) is 32.7 Å². The summed E-state index contributed by atoms with van der Waals surface area (Å²) in [5.41, 5.74) is 2.06. The Hall–Kier alpha value is -1.81. The molecule has 1 aliphatic rings. The molecule has 4 heteroatoms. The minimum atomic E-state index is 0.208. The van der Waals surface area contributed by atoms with E-state index < -0.39 is 0 Å². The standard InChI is InChI=1S/C17H22N2O2/c1-13-15(14-7-3-4-8-16(14)21-13)11-18-12-17(20)19-9-5-2-6-10-19/h3-4,7-8,18H,2,5-6,9-12H2,1H3. The number of hydrogen-bond acceptors (Lipinski definition) is 3. The topological polar surface area (TPSA) is 45.5 Å². The molecule has 1 saturated heterocycles. The zero-order valence-corrected chi connectivity index (χ0v) is 12.5. The maximum Gasteiger partial charge on any atom is 0.236 e. The molecule has 21 heavy (non-hydrogen) atoms. The summed E-state index contributed by atoms with van der Waals surface area (Å²) in [5, 5.41) is 4.40. The number of rotatable bonds is 4. The van der Waals surface area contributed by atoms with Gasteiger partial charge in [0.25, 0.3) is 0 Å². The molecule has 1 fully saturated rings. The average molecular weight is 286 g/mol. The molecule has 0 saturated carbocycles. The maximum absolute atomic E-state index is 12.1. The second-order valence-corrected chi connectivity index (χ2v) is 5.68. The molecular formula is C17H22N2O2. The van der Waals surface area contributed by atoms with E-state index in [-0.39, 0.29) is 5.91 Å². The van der Waals surface area contributed by atoms with Crippen LogP contribution in [0.2, 0.25) is 0 Å². The van der Waals surface area contributed by atoms with Crippen molar-refractivity contribution in [2.24, 2.45) is 0 Å². The lowest BCUT2D eigenvalue weighted by molar-refractivity contribution is -0.131. The van der Waals surface area contributed by atoms with E-state index in [1.54, 1.807) is 0 Å². The third kappa shape index (κ3) is 3.10. The number of fused-ring (bicyclic) bond motifs is 1. The van der Waals surface area contributed by atoms with E-state index in [0.29, 0.717) is 13.1 Å². The van der Waals surface area contributed by atoms with Crippen LogP contribution in [0, 0.1) is 6.92 Å². The number of benzene rings is 1. The number of nitrogens with zero attached hydrogens (tertiary/aromatic N) is 1. The van der Waals surface area contributed by atoms with Gasteiger partial charge in [0.2, 0.25) is 5.91 Å². The Morgan fingerprint density at radius 3 is 2.81 bits per heavy atom. The third-order valence-corrected chi connectivity index (χ3v) is 4.19. The van der Waals surface area contributed by atoms with Gasteiger partial charge in [0.15, 0.2) is 0 Å². The van der Waals surface area contributed by atoms with E-state index in [9.17, 15) is 4.79 Å². The van der Waals surface area contributed by atoms with E-state index in [1.165, 1.54) is 6.42 Å². The lowest BCUT2D eigenvalue weighted by atomic mass is 10.1. The van der Waals surface area contributed by atoms with Crippen molar-refractivity contribution < 1.29 is 9.21 Å². The molecule has 0 radical (unpaired) electrons. The first-order valence-corrected chi connectivity index (χ1v) is 7.71. The van der Waals surface area contributed by atoms with Gasteiger partial charge in [0.05, 0.1) is 6.54 Å². The predicted molar refractivity (Wildman–Crippen MR) is 83.1 cm³/mol. The normalized spacial score (nSPS) is 15.6. The van der Waals surface area contributed by atoms with Crippen LogP contribution in [0.4, 0.5) is 0 Å². The Morgan fingerprint density at radius 2 is 2.00 bits per heavy atom. The van der Waals surface area contributed by atoms with Crippen molar-refractivity contribution in [3.05, 3.63) is 35.6 Å². The molecule has 3 rings (SSSR count). The van der Waals surface area contributed by atoms with Crippen LogP contribution in [0.5, 0.6) is 0 Å². The minimum absolute atomic E-state index is 0.208. The van der Waals surface area contributed by atoms with Crippen molar-refractivity contribution in [3.63, 3.8) is 0 Å². The van der Waals surface area contributed by atoms with E-state index in [4.69, 9.17) is 4.42 Å². The van der Waals surface area contributed by atoms with E-state index in [0.717, 1.165) is 48.2 Å². The monoisotopic (exact) mass is 286 g/mol. The van der Waals surface area contributed by atoms with Gasteiger partial charge in [-0.05, 0) is 32.3 Å². The molecule has 1 N–H and O–H groups in total. The van der Waals surface area contributed by atoms with Gasteiger partial charge in [-0.15, -0.1) is 0 Å². The number of carbonyl (C=O) groups is 1. The SMILES string of the molecule is Cc1oc2ccccc2c1CNCC(=O)N1CCCCC1. The molecule has 1 amide bonds. The van der Waals surface area contributed by atoms with Crippen LogP contribution in [0.25, 0.3) is 11.0 Å². The van der Waals surface area contributed by atoms with Gasteiger partial charge in [0, 0.05) is 30.6 Å². The summed E-state index contributed by atoms with van der Waals surface area (Å²) in [6.45, 7) is 4.87. The largest absolute Gasteiger partial charge is 0.461 e. The summed E-state index contributed by atoms with van der Waals surface area (Å²) in [4.78, 5) is 14.1. The highest BCUT2D eigenvalue weighted by molar-refractivity contribution is 5.82. The Balaban J connectivity index is 1.59. The fraction of sp³-hybridized carbons (Fsp3) is 0.471. The average Bonchev–Trinajstić information content (AvgIpc) is 2.84. The van der Waals surface area contributed by atoms with Gasteiger partial charge >= 0.3 is 0 Å². The number of furan rings is 1. The van der Waals surface area contributed by atoms with Crippen LogP contribution >= 0.6 is 0 Å². The number of para-hydroxylation sites is 1. The molecule has 0 spiro atoms. The maximum atomic E-state index is 12.1. The summed E-state index contributed by atoms with van der Waals surface area (Å²) < 4.78 is 5.74. The molecule has 2 heterocycles. The van der Waals surface area contributed by atoms with Gasteiger partial charge in [-0.2, -0.15) is 0 Å². The Kier molecular flexibility index (Phi) is 4.25. The Morgan fingerprint density at radius 1 is 1.24 bits per heavy atom. The van der Waals surface area contributed by atoms with Crippen LogP contribution in [0.1, 0.15) is 30.6 Å². The fourth-order valence-electron chi connectivity index (χ4n) is 2.99. The van der Waals surface area contributed by atoms with Gasteiger partial charge in [-0.25, -0.2) is 0 Å². The third-order valence-electron chi connectivity index (χ3n) is 4.19. The highest BCUT2D eigenvalue weighted by Crippen LogP contribution is 2.24. The first-order valence-electron chi connectivity index (χ1n) is 7.71. The van der Waals surface area contributed by atoms with Crippen LogP contribution in [-0.2, 0) is 11.3 Å². The van der Waals surface area contributed by atoms with Crippen LogP contribution < -0.4 is 5.32 Å². The number of nitrogens with one attached hydrogen (secondary N) is 1. The highest BCUT2D eigenvalue weighted by atomic mass is 16.3. The van der Waals surface area contributed by atoms with Gasteiger partial charge in [-0.3, -0.25) is 4.79 Å². The lowest BCUT2D eigenvalue weighted by Gasteiger charge is -2.26. The predicted octanol–water partition coefficient (Wildman–Crippen LogP) is 2.84. The quantitative estimate of drug-likeness (QED) is 0.940. The molecule has 4 nitrogen and oxygen atoms in total. The minimum Gasteiger partial charge on any atom is -0.461 e. The van der Waals surface area contributed by atoms with Crippen LogP contribution in [0.3, 0.4) is 0 Å².